The number of fused-ring (bicyclic) bond motifs is 1. The molecule has 0 unspecified atom stereocenters. The van der Waals surface area contributed by atoms with E-state index in [0.717, 1.165) is 37.8 Å². The number of alkyl halides is 1. The maximum Gasteiger partial charge on any atom is 0.239 e. The van der Waals surface area contributed by atoms with E-state index in [4.69, 9.17) is 26.8 Å². The number of rotatable bonds is 7. The van der Waals surface area contributed by atoms with Gasteiger partial charge in [-0.25, -0.2) is 18.7 Å². The predicted molar refractivity (Wildman–Crippen MR) is 158 cm³/mol. The van der Waals surface area contributed by atoms with Gasteiger partial charge < -0.3 is 25.2 Å². The van der Waals surface area contributed by atoms with Crippen molar-refractivity contribution in [3.8, 4) is 28.8 Å². The molecule has 9 nitrogen and oxygen atoms in total. The number of benzene rings is 1. The number of anilines is 1. The van der Waals surface area contributed by atoms with Gasteiger partial charge in [0.15, 0.2) is 5.82 Å². The van der Waals surface area contributed by atoms with Crippen LogP contribution in [0.3, 0.4) is 0 Å². The Kier molecular flexibility index (Phi) is 6.81. The number of aromatic hydroxyl groups is 1. The van der Waals surface area contributed by atoms with Gasteiger partial charge in [0, 0.05) is 29.6 Å². The fraction of sp³-hybridized carbons (Fsp3) is 0.516. The number of halogens is 3. The van der Waals surface area contributed by atoms with E-state index in [1.165, 1.54) is 12.1 Å². The van der Waals surface area contributed by atoms with Crippen molar-refractivity contribution in [2.24, 2.45) is 5.73 Å². The highest BCUT2D eigenvalue weighted by Crippen LogP contribution is 2.51. The van der Waals surface area contributed by atoms with E-state index in [2.05, 4.69) is 14.9 Å². The summed E-state index contributed by atoms with van der Waals surface area (Å²) in [7, 11) is 0. The van der Waals surface area contributed by atoms with Gasteiger partial charge in [-0.05, 0) is 69.7 Å². The number of hydrogen-bond acceptors (Lipinski definition) is 8. The van der Waals surface area contributed by atoms with E-state index in [1.54, 1.807) is 17.9 Å². The van der Waals surface area contributed by atoms with Gasteiger partial charge in [0.05, 0.1) is 22.7 Å². The summed E-state index contributed by atoms with van der Waals surface area (Å²) in [5.41, 5.74) is 6.77. The Morgan fingerprint density at radius 1 is 1.33 bits per heavy atom. The lowest BCUT2D eigenvalue weighted by Crippen LogP contribution is -2.49. The molecule has 5 heterocycles. The molecule has 12 heteroatoms. The summed E-state index contributed by atoms with van der Waals surface area (Å²) in [5.74, 6) is -0.990. The molecular formula is C31H34ClF2N5O4. The third kappa shape index (κ3) is 4.71. The van der Waals surface area contributed by atoms with Crippen LogP contribution in [0.1, 0.15) is 57.4 Å². The van der Waals surface area contributed by atoms with Crippen molar-refractivity contribution in [1.82, 2.24) is 14.9 Å². The summed E-state index contributed by atoms with van der Waals surface area (Å²) in [6.45, 7) is 5.08. The van der Waals surface area contributed by atoms with E-state index >= 15 is 4.39 Å². The number of primary amides is 1. The van der Waals surface area contributed by atoms with E-state index in [1.807, 2.05) is 6.92 Å². The van der Waals surface area contributed by atoms with Gasteiger partial charge in [-0.2, -0.15) is 0 Å². The molecule has 1 aliphatic carbocycles. The summed E-state index contributed by atoms with van der Waals surface area (Å²) in [6, 6.07) is 3.48. The minimum Gasteiger partial charge on any atom is -0.508 e. The molecule has 1 saturated carbocycles. The number of phenols is 1. The number of nitrogens with two attached hydrogens (primary N) is 1. The van der Waals surface area contributed by atoms with Crippen LogP contribution >= 0.6 is 11.6 Å². The first-order valence-electron chi connectivity index (χ1n) is 14.9. The first-order chi connectivity index (χ1) is 20.6. The molecule has 4 aliphatic rings. The molecule has 7 rings (SSSR count). The molecule has 2 aromatic heterocycles. The third-order valence-electron chi connectivity index (χ3n) is 9.47. The van der Waals surface area contributed by atoms with E-state index in [-0.39, 0.29) is 59.3 Å². The Labute approximate surface area is 252 Å². The first kappa shape index (κ1) is 28.3. The van der Waals surface area contributed by atoms with Gasteiger partial charge in [0.2, 0.25) is 17.7 Å². The predicted octanol–water partition coefficient (Wildman–Crippen LogP) is 5.09. The van der Waals surface area contributed by atoms with Crippen LogP contribution < -0.4 is 20.1 Å². The second-order valence-electron chi connectivity index (χ2n) is 12.5. The molecule has 3 aromatic rings. The lowest BCUT2D eigenvalue weighted by molar-refractivity contribution is -0.119. The number of pyridine rings is 2. The molecule has 1 amide bonds. The van der Waals surface area contributed by atoms with E-state index in [9.17, 15) is 14.3 Å². The van der Waals surface area contributed by atoms with Crippen molar-refractivity contribution in [3.05, 3.63) is 34.6 Å². The quantitative estimate of drug-likeness (QED) is 0.379. The second kappa shape index (κ2) is 10.3. The third-order valence-corrected chi connectivity index (χ3v) is 9.78. The molecule has 3 N–H and O–H groups in total. The SMILES string of the molecule is C[C@H](C(N)=O)N1c2cc(OC[C@@]34CCCN3C[C@H](F)C4)nc3c(F)c(-c4cc(O)cc(Cl)c4C4CC4)nc(c23)OC[C@@H]1C. The molecule has 3 fully saturated rings. The monoisotopic (exact) mass is 613 g/mol. The van der Waals surface area contributed by atoms with E-state index in [0.29, 0.717) is 29.2 Å². The minimum atomic E-state index is -0.925. The van der Waals surface area contributed by atoms with Crippen molar-refractivity contribution in [3.63, 3.8) is 0 Å². The zero-order valence-corrected chi connectivity index (χ0v) is 24.8. The number of nitrogens with zero attached hydrogens (tertiary/aromatic N) is 4. The van der Waals surface area contributed by atoms with Crippen LogP contribution in [0.5, 0.6) is 17.5 Å². The smallest absolute Gasteiger partial charge is 0.239 e. The highest BCUT2D eigenvalue weighted by molar-refractivity contribution is 6.32. The van der Waals surface area contributed by atoms with Crippen LogP contribution in [0.2, 0.25) is 5.02 Å². The number of hydrogen-bond donors (Lipinski definition) is 2. The highest BCUT2D eigenvalue weighted by Gasteiger charge is 2.49. The van der Waals surface area contributed by atoms with Crippen LogP contribution in [-0.2, 0) is 4.79 Å². The Bertz CT molecular complexity index is 1640. The first-order valence-corrected chi connectivity index (χ1v) is 15.2. The molecule has 3 aliphatic heterocycles. The Morgan fingerprint density at radius 2 is 2.12 bits per heavy atom. The lowest BCUT2D eigenvalue weighted by atomic mass is 9.95. The molecule has 2 saturated heterocycles. The average Bonchev–Trinajstić information content (AvgIpc) is 3.66. The second-order valence-corrected chi connectivity index (χ2v) is 12.9. The topological polar surface area (TPSA) is 114 Å². The van der Waals surface area contributed by atoms with Gasteiger partial charge in [-0.15, -0.1) is 0 Å². The molecular weight excluding hydrogens is 580 g/mol. The Hall–Kier alpha value is -3.44. The molecule has 4 atom stereocenters. The molecule has 228 valence electrons. The number of ether oxygens (including phenoxy) is 2. The van der Waals surface area contributed by atoms with Gasteiger partial charge in [-0.1, -0.05) is 11.6 Å². The van der Waals surface area contributed by atoms with Crippen molar-refractivity contribution < 1.29 is 28.2 Å². The number of amides is 1. The zero-order chi connectivity index (χ0) is 30.2. The standard InChI is InChI=1S/C31H34ClF2N5O4/c1-15-13-42-30-25-22(39(15)16(2)29(35)41)10-23(43-14-31-6-3-7-38(31)12-18(33)11-31)36-28(25)26(34)27(37-30)20-8-19(40)9-21(32)24(20)17-4-5-17/h8-10,15-18,40H,3-7,11-14H2,1-2H3,(H2,35,41)/t15-,16+,18+,31-/m0/s1. The van der Waals surface area contributed by atoms with Crippen molar-refractivity contribution in [2.75, 3.05) is 31.2 Å². The fourth-order valence-corrected chi connectivity index (χ4v) is 7.61. The van der Waals surface area contributed by atoms with Gasteiger partial charge in [0.25, 0.3) is 0 Å². The Morgan fingerprint density at radius 3 is 2.86 bits per heavy atom. The van der Waals surface area contributed by atoms with Gasteiger partial charge in [0.1, 0.15) is 42.4 Å². The zero-order valence-electron chi connectivity index (χ0n) is 24.1. The summed E-state index contributed by atoms with van der Waals surface area (Å²) in [4.78, 5) is 25.6. The van der Waals surface area contributed by atoms with Crippen LogP contribution in [0.4, 0.5) is 14.5 Å². The Balaban J connectivity index is 1.42. The summed E-state index contributed by atoms with van der Waals surface area (Å²) in [6.07, 6.45) is 3.00. The summed E-state index contributed by atoms with van der Waals surface area (Å²) < 4.78 is 43.6. The average molecular weight is 614 g/mol. The fourth-order valence-electron chi connectivity index (χ4n) is 7.25. The summed E-state index contributed by atoms with van der Waals surface area (Å²) >= 11 is 6.55. The number of aromatic nitrogens is 2. The number of phenolic OH excluding ortho intramolecular Hbond substituents is 1. The van der Waals surface area contributed by atoms with Crippen molar-refractivity contribution in [2.45, 2.75) is 75.7 Å². The number of carbonyl (C=O) groups excluding carboxylic acids is 1. The van der Waals surface area contributed by atoms with Gasteiger partial charge >= 0.3 is 0 Å². The van der Waals surface area contributed by atoms with Crippen molar-refractivity contribution in [1.29, 1.82) is 0 Å². The molecule has 0 spiro atoms. The molecule has 0 radical (unpaired) electrons. The van der Waals surface area contributed by atoms with Crippen LogP contribution in [-0.4, -0.2) is 76.0 Å². The van der Waals surface area contributed by atoms with E-state index < -0.39 is 29.5 Å². The maximum atomic E-state index is 16.8. The largest absolute Gasteiger partial charge is 0.508 e. The molecule has 43 heavy (non-hydrogen) atoms. The number of carbonyl (C=O) groups is 1. The lowest BCUT2D eigenvalue weighted by Gasteiger charge is -2.34. The minimum absolute atomic E-state index is 0.0431. The van der Waals surface area contributed by atoms with Crippen LogP contribution in [0.15, 0.2) is 18.2 Å². The van der Waals surface area contributed by atoms with Crippen molar-refractivity contribution >= 4 is 34.1 Å². The molecule has 0 bridgehead atoms. The maximum absolute atomic E-state index is 16.8. The summed E-state index contributed by atoms with van der Waals surface area (Å²) in [5, 5.41) is 11.1. The van der Waals surface area contributed by atoms with Crippen LogP contribution in [0, 0.1) is 5.82 Å². The highest BCUT2D eigenvalue weighted by atomic mass is 35.5. The normalized spacial score (nSPS) is 25.8. The van der Waals surface area contributed by atoms with Crippen LogP contribution in [0.25, 0.3) is 22.2 Å². The molecule has 1 aromatic carbocycles. The van der Waals surface area contributed by atoms with Gasteiger partial charge in [-0.3, -0.25) is 9.69 Å².